The Labute approximate surface area is 203 Å². The number of aromatic nitrogens is 3. The molecule has 0 saturated heterocycles. The lowest BCUT2D eigenvalue weighted by atomic mass is 10.2. The molecule has 9 heteroatoms. The van der Waals surface area contributed by atoms with E-state index in [1.54, 1.807) is 12.1 Å². The zero-order valence-electron chi connectivity index (χ0n) is 17.8. The van der Waals surface area contributed by atoms with Gasteiger partial charge in [0.2, 0.25) is 0 Å². The summed E-state index contributed by atoms with van der Waals surface area (Å²) in [4.78, 5) is 12.4. The molecule has 2 N–H and O–H groups in total. The lowest BCUT2D eigenvalue weighted by molar-refractivity contribution is 0.251. The maximum Gasteiger partial charge on any atom is 0.319 e. The van der Waals surface area contributed by atoms with Crippen LogP contribution in [0.15, 0.2) is 82.4 Å². The van der Waals surface area contributed by atoms with Crippen LogP contribution in [0, 0.1) is 12.7 Å². The number of amides is 2. The molecule has 6 nitrogen and oxygen atoms in total. The zero-order chi connectivity index (χ0) is 23.2. The average molecular weight is 526 g/mol. The highest BCUT2D eigenvalue weighted by atomic mass is 79.9. The van der Waals surface area contributed by atoms with Gasteiger partial charge in [0.1, 0.15) is 5.82 Å². The van der Waals surface area contributed by atoms with Gasteiger partial charge in [-0.2, -0.15) is 0 Å². The molecule has 0 bridgehead atoms. The summed E-state index contributed by atoms with van der Waals surface area (Å²) in [6.45, 7) is 2.22. The van der Waals surface area contributed by atoms with Gasteiger partial charge in [-0.1, -0.05) is 57.5 Å². The van der Waals surface area contributed by atoms with Crippen molar-refractivity contribution in [2.45, 2.75) is 24.4 Å². The molecular weight excluding hydrogens is 505 g/mol. The van der Waals surface area contributed by atoms with E-state index in [0.717, 1.165) is 21.3 Å². The third-order valence-corrected chi connectivity index (χ3v) is 6.31. The molecule has 0 saturated carbocycles. The quantitative estimate of drug-likeness (QED) is 0.286. The zero-order valence-corrected chi connectivity index (χ0v) is 20.2. The number of aryl methyl sites for hydroxylation is 1. The van der Waals surface area contributed by atoms with E-state index in [1.807, 2.05) is 60.0 Å². The lowest BCUT2D eigenvalue weighted by Crippen LogP contribution is -2.29. The molecule has 33 heavy (non-hydrogen) atoms. The lowest BCUT2D eigenvalue weighted by Gasteiger charge is -2.12. The van der Waals surface area contributed by atoms with Gasteiger partial charge in [0.25, 0.3) is 0 Å². The second-order valence-electron chi connectivity index (χ2n) is 7.30. The molecule has 0 aliphatic carbocycles. The molecule has 4 rings (SSSR count). The van der Waals surface area contributed by atoms with Gasteiger partial charge < -0.3 is 10.6 Å². The minimum Gasteiger partial charge on any atom is -0.331 e. The molecule has 2 amide bonds. The predicted octanol–water partition coefficient (Wildman–Crippen LogP) is 6.09. The van der Waals surface area contributed by atoms with Crippen LogP contribution in [0.5, 0.6) is 0 Å². The highest BCUT2D eigenvalue weighted by molar-refractivity contribution is 9.10. The molecule has 1 aromatic heterocycles. The van der Waals surface area contributed by atoms with Crippen molar-refractivity contribution in [1.82, 2.24) is 20.1 Å². The molecule has 0 unspecified atom stereocenters. The van der Waals surface area contributed by atoms with Crippen LogP contribution in [0.3, 0.4) is 0 Å². The average Bonchev–Trinajstić information content (AvgIpc) is 3.22. The Balaban J connectivity index is 1.50. The van der Waals surface area contributed by atoms with Crippen LogP contribution in [0.4, 0.5) is 14.9 Å². The van der Waals surface area contributed by atoms with E-state index in [1.165, 1.54) is 23.9 Å². The van der Waals surface area contributed by atoms with Crippen molar-refractivity contribution in [3.05, 3.63) is 100 Å². The number of halogens is 2. The summed E-state index contributed by atoms with van der Waals surface area (Å²) >= 11 is 4.87. The van der Waals surface area contributed by atoms with Gasteiger partial charge in [-0.15, -0.1) is 10.2 Å². The Morgan fingerprint density at radius 3 is 2.39 bits per heavy atom. The first-order chi connectivity index (χ1) is 16.0. The van der Waals surface area contributed by atoms with Crippen LogP contribution in [0.1, 0.15) is 17.0 Å². The molecule has 1 heterocycles. The molecule has 0 aliphatic heterocycles. The molecular formula is C24H21BrFN5OS. The number of nitrogens with one attached hydrogen (secondary N) is 2. The summed E-state index contributed by atoms with van der Waals surface area (Å²) < 4.78 is 16.1. The summed E-state index contributed by atoms with van der Waals surface area (Å²) in [5, 5.41) is 15.0. The summed E-state index contributed by atoms with van der Waals surface area (Å²) in [6, 6.07) is 21.4. The summed E-state index contributed by atoms with van der Waals surface area (Å²) in [5.74, 6) is 0.953. The van der Waals surface area contributed by atoms with Gasteiger partial charge in [0.05, 0.1) is 6.54 Å². The second-order valence-corrected chi connectivity index (χ2v) is 9.16. The summed E-state index contributed by atoms with van der Waals surface area (Å²) in [6.07, 6.45) is 0. The van der Waals surface area contributed by atoms with Gasteiger partial charge in [0, 0.05) is 21.6 Å². The van der Waals surface area contributed by atoms with Gasteiger partial charge in [-0.25, -0.2) is 9.18 Å². The van der Waals surface area contributed by atoms with Crippen LogP contribution in [-0.4, -0.2) is 20.8 Å². The molecule has 0 atom stereocenters. The first-order valence-corrected chi connectivity index (χ1v) is 11.9. The van der Waals surface area contributed by atoms with Crippen molar-refractivity contribution < 1.29 is 9.18 Å². The van der Waals surface area contributed by atoms with Crippen LogP contribution < -0.4 is 10.6 Å². The third-order valence-electron chi connectivity index (χ3n) is 4.78. The molecule has 0 aliphatic rings. The fourth-order valence-corrected chi connectivity index (χ4v) is 4.25. The van der Waals surface area contributed by atoms with Crippen molar-refractivity contribution in [2.75, 3.05) is 5.32 Å². The third kappa shape index (κ3) is 6.21. The number of benzene rings is 3. The molecule has 168 valence electrons. The van der Waals surface area contributed by atoms with Gasteiger partial charge in [-0.05, 0) is 61.0 Å². The van der Waals surface area contributed by atoms with Crippen molar-refractivity contribution in [3.8, 4) is 5.69 Å². The first-order valence-electron chi connectivity index (χ1n) is 10.2. The molecule has 3 aromatic carbocycles. The minimum atomic E-state index is -0.337. The molecule has 0 fully saturated rings. The van der Waals surface area contributed by atoms with E-state index in [0.29, 0.717) is 22.4 Å². The smallest absolute Gasteiger partial charge is 0.319 e. The van der Waals surface area contributed by atoms with Crippen LogP contribution in [-0.2, 0) is 12.3 Å². The molecule has 0 spiro atoms. The number of hydrogen-bond acceptors (Lipinski definition) is 4. The summed E-state index contributed by atoms with van der Waals surface area (Å²) in [7, 11) is 0. The fourth-order valence-electron chi connectivity index (χ4n) is 3.06. The SMILES string of the molecule is Cc1ccc(-n2c(CNC(=O)Nc3ccc(Br)cc3)nnc2SCc2ccc(F)cc2)cc1. The van der Waals surface area contributed by atoms with E-state index >= 15 is 0 Å². The van der Waals surface area contributed by atoms with Crippen LogP contribution in [0.25, 0.3) is 5.69 Å². The second kappa shape index (κ2) is 10.6. The number of carbonyl (C=O) groups excluding carboxylic acids is 1. The monoisotopic (exact) mass is 525 g/mol. The summed E-state index contributed by atoms with van der Waals surface area (Å²) in [5.41, 5.74) is 3.71. The Bertz CT molecular complexity index is 1230. The van der Waals surface area contributed by atoms with E-state index in [-0.39, 0.29) is 18.4 Å². The van der Waals surface area contributed by atoms with E-state index < -0.39 is 0 Å². The normalized spacial score (nSPS) is 10.8. The van der Waals surface area contributed by atoms with Crippen LogP contribution >= 0.6 is 27.7 Å². The number of urea groups is 1. The van der Waals surface area contributed by atoms with Crippen molar-refractivity contribution in [3.63, 3.8) is 0 Å². The Kier molecular flexibility index (Phi) is 7.41. The largest absolute Gasteiger partial charge is 0.331 e. The Morgan fingerprint density at radius 1 is 1.00 bits per heavy atom. The van der Waals surface area contributed by atoms with Crippen molar-refractivity contribution in [2.24, 2.45) is 0 Å². The number of carbonyl (C=O) groups is 1. The first kappa shape index (κ1) is 23.0. The number of anilines is 1. The maximum atomic E-state index is 13.2. The number of thioether (sulfide) groups is 1. The van der Waals surface area contributed by atoms with Crippen molar-refractivity contribution >= 4 is 39.4 Å². The predicted molar refractivity (Wildman–Crippen MR) is 132 cm³/mol. The maximum absolute atomic E-state index is 13.2. The van der Waals surface area contributed by atoms with Crippen LogP contribution in [0.2, 0.25) is 0 Å². The van der Waals surface area contributed by atoms with Gasteiger partial charge in [-0.3, -0.25) is 4.57 Å². The van der Waals surface area contributed by atoms with E-state index in [4.69, 9.17) is 0 Å². The minimum absolute atomic E-state index is 0.195. The number of hydrogen-bond donors (Lipinski definition) is 2. The van der Waals surface area contributed by atoms with E-state index in [9.17, 15) is 9.18 Å². The highest BCUT2D eigenvalue weighted by Crippen LogP contribution is 2.26. The topological polar surface area (TPSA) is 71.8 Å². The number of nitrogens with zero attached hydrogens (tertiary/aromatic N) is 3. The van der Waals surface area contributed by atoms with Crippen molar-refractivity contribution in [1.29, 1.82) is 0 Å². The Hall–Kier alpha value is -3.17. The number of rotatable bonds is 7. The van der Waals surface area contributed by atoms with Gasteiger partial charge >= 0.3 is 6.03 Å². The van der Waals surface area contributed by atoms with Gasteiger partial charge in [0.15, 0.2) is 11.0 Å². The Morgan fingerprint density at radius 2 is 1.70 bits per heavy atom. The molecule has 0 radical (unpaired) electrons. The highest BCUT2D eigenvalue weighted by Gasteiger charge is 2.16. The fraction of sp³-hybridized carbons (Fsp3) is 0.125. The standard InChI is InChI=1S/C24H21BrFN5OS/c1-16-2-12-21(13-3-16)31-22(14-27-23(32)28-20-10-6-18(25)7-11-20)29-30-24(31)33-15-17-4-8-19(26)9-5-17/h2-13H,14-15H2,1H3,(H2,27,28,32). The van der Waals surface area contributed by atoms with E-state index in [2.05, 4.69) is 36.8 Å². The molecule has 4 aromatic rings.